The molecule has 5 nitrogen and oxygen atoms in total. The van der Waals surface area contributed by atoms with Crippen molar-refractivity contribution in [3.05, 3.63) is 30.1 Å². The summed E-state index contributed by atoms with van der Waals surface area (Å²) in [5.41, 5.74) is 0.511. The SMILES string of the molecule is CC1CN(CC2CCCN2CC(=O)Nc2cccc(F)c2)CC(C)O1. The van der Waals surface area contributed by atoms with Crippen LogP contribution >= 0.6 is 0 Å². The number of hydrogen-bond donors (Lipinski definition) is 1. The lowest BCUT2D eigenvalue weighted by molar-refractivity contribution is -0.117. The van der Waals surface area contributed by atoms with Gasteiger partial charge in [0.2, 0.25) is 5.91 Å². The first-order valence-electron chi connectivity index (χ1n) is 9.17. The summed E-state index contributed by atoms with van der Waals surface area (Å²) in [4.78, 5) is 17.0. The molecule has 25 heavy (non-hydrogen) atoms. The molecule has 138 valence electrons. The van der Waals surface area contributed by atoms with Gasteiger partial charge in [-0.2, -0.15) is 0 Å². The number of rotatable bonds is 5. The van der Waals surface area contributed by atoms with Crippen LogP contribution < -0.4 is 5.32 Å². The zero-order chi connectivity index (χ0) is 17.8. The summed E-state index contributed by atoms with van der Waals surface area (Å²) in [6.07, 6.45) is 2.76. The summed E-state index contributed by atoms with van der Waals surface area (Å²) in [5.74, 6) is -0.423. The minimum Gasteiger partial charge on any atom is -0.373 e. The molecule has 2 fully saturated rings. The number of morpholine rings is 1. The standard InChI is InChI=1S/C19H28FN3O2/c1-14-10-22(11-15(2)25-14)12-18-7-4-8-23(18)13-19(24)21-17-6-3-5-16(20)9-17/h3,5-6,9,14-15,18H,4,7-8,10-13H2,1-2H3,(H,21,24). The molecule has 1 aromatic rings. The van der Waals surface area contributed by atoms with Crippen LogP contribution in [0.1, 0.15) is 26.7 Å². The normalized spacial score (nSPS) is 28.2. The van der Waals surface area contributed by atoms with Gasteiger partial charge in [-0.3, -0.25) is 14.6 Å². The van der Waals surface area contributed by atoms with Crippen molar-refractivity contribution in [2.24, 2.45) is 0 Å². The van der Waals surface area contributed by atoms with Crippen LogP contribution in [0.15, 0.2) is 24.3 Å². The highest BCUT2D eigenvalue weighted by molar-refractivity contribution is 5.92. The number of nitrogens with one attached hydrogen (secondary N) is 1. The molecule has 3 atom stereocenters. The fraction of sp³-hybridized carbons (Fsp3) is 0.632. The van der Waals surface area contributed by atoms with E-state index < -0.39 is 0 Å². The molecule has 0 bridgehead atoms. The molecule has 1 amide bonds. The maximum Gasteiger partial charge on any atom is 0.238 e. The van der Waals surface area contributed by atoms with Gasteiger partial charge in [0, 0.05) is 31.4 Å². The Morgan fingerprint density at radius 1 is 1.32 bits per heavy atom. The number of halogens is 1. The Bertz CT molecular complexity index is 588. The number of carbonyl (C=O) groups excluding carboxylic acids is 1. The van der Waals surface area contributed by atoms with E-state index in [0.29, 0.717) is 18.3 Å². The molecule has 3 rings (SSSR count). The van der Waals surface area contributed by atoms with E-state index in [9.17, 15) is 9.18 Å². The second kappa shape index (κ2) is 8.25. The van der Waals surface area contributed by atoms with Crippen molar-refractivity contribution >= 4 is 11.6 Å². The molecule has 0 saturated carbocycles. The second-order valence-corrected chi connectivity index (χ2v) is 7.30. The summed E-state index contributed by atoms with van der Waals surface area (Å²) in [6.45, 7) is 8.40. The van der Waals surface area contributed by atoms with E-state index in [1.54, 1.807) is 12.1 Å². The van der Waals surface area contributed by atoms with Gasteiger partial charge in [0.05, 0.1) is 18.8 Å². The van der Waals surface area contributed by atoms with E-state index in [1.165, 1.54) is 12.1 Å². The Hall–Kier alpha value is -1.50. The van der Waals surface area contributed by atoms with Crippen LogP contribution in [0, 0.1) is 5.82 Å². The summed E-state index contributed by atoms with van der Waals surface area (Å²) < 4.78 is 19.0. The zero-order valence-corrected chi connectivity index (χ0v) is 15.1. The van der Waals surface area contributed by atoms with Crippen LogP contribution in [0.4, 0.5) is 10.1 Å². The molecule has 3 unspecified atom stereocenters. The topological polar surface area (TPSA) is 44.8 Å². The number of carbonyl (C=O) groups is 1. The Labute approximate surface area is 149 Å². The molecule has 1 N–H and O–H groups in total. The maximum absolute atomic E-state index is 13.2. The average molecular weight is 349 g/mol. The van der Waals surface area contributed by atoms with Gasteiger partial charge >= 0.3 is 0 Å². The third-order valence-corrected chi connectivity index (χ3v) is 4.92. The molecule has 0 aliphatic carbocycles. The Morgan fingerprint density at radius 2 is 2.08 bits per heavy atom. The fourth-order valence-electron chi connectivity index (χ4n) is 3.99. The third-order valence-electron chi connectivity index (χ3n) is 4.92. The van der Waals surface area contributed by atoms with Gasteiger partial charge in [-0.15, -0.1) is 0 Å². The Kier molecular flexibility index (Phi) is 6.04. The maximum atomic E-state index is 13.2. The van der Waals surface area contributed by atoms with Crippen LogP contribution in [0.2, 0.25) is 0 Å². The van der Waals surface area contributed by atoms with Crippen LogP contribution in [-0.4, -0.2) is 66.7 Å². The molecule has 2 aliphatic rings. The van der Waals surface area contributed by atoms with Crippen molar-refractivity contribution in [2.45, 2.75) is 44.9 Å². The second-order valence-electron chi connectivity index (χ2n) is 7.30. The smallest absolute Gasteiger partial charge is 0.238 e. The van der Waals surface area contributed by atoms with E-state index in [0.717, 1.165) is 39.0 Å². The van der Waals surface area contributed by atoms with E-state index >= 15 is 0 Å². The lowest BCUT2D eigenvalue weighted by atomic mass is 10.1. The predicted octanol–water partition coefficient (Wildman–Crippen LogP) is 2.34. The molecule has 6 heteroatoms. The van der Waals surface area contributed by atoms with E-state index in [1.807, 2.05) is 0 Å². The summed E-state index contributed by atoms with van der Waals surface area (Å²) in [5, 5.41) is 2.79. The van der Waals surface area contributed by atoms with E-state index in [2.05, 4.69) is 29.0 Å². The molecule has 2 saturated heterocycles. The van der Waals surface area contributed by atoms with Crippen molar-refractivity contribution in [3.63, 3.8) is 0 Å². The summed E-state index contributed by atoms with van der Waals surface area (Å²) in [6, 6.07) is 6.42. The first-order chi connectivity index (χ1) is 12.0. The summed E-state index contributed by atoms with van der Waals surface area (Å²) in [7, 11) is 0. The Balaban J connectivity index is 1.52. The molecule has 0 radical (unpaired) electrons. The van der Waals surface area contributed by atoms with E-state index in [4.69, 9.17) is 4.74 Å². The molecule has 0 spiro atoms. The minimum absolute atomic E-state index is 0.0822. The van der Waals surface area contributed by atoms with Crippen molar-refractivity contribution in [1.82, 2.24) is 9.80 Å². The fourth-order valence-corrected chi connectivity index (χ4v) is 3.99. The molecule has 1 aromatic carbocycles. The van der Waals surface area contributed by atoms with Crippen LogP contribution in [0.5, 0.6) is 0 Å². The molecular formula is C19H28FN3O2. The third kappa shape index (κ3) is 5.23. The first kappa shape index (κ1) is 18.3. The average Bonchev–Trinajstić information content (AvgIpc) is 2.93. The molecule has 0 aromatic heterocycles. The highest BCUT2D eigenvalue weighted by atomic mass is 19.1. The van der Waals surface area contributed by atoms with Gasteiger partial charge in [0.1, 0.15) is 5.82 Å². The van der Waals surface area contributed by atoms with Crippen molar-refractivity contribution < 1.29 is 13.9 Å². The number of hydrogen-bond acceptors (Lipinski definition) is 4. The number of likely N-dealkylation sites (tertiary alicyclic amines) is 1. The van der Waals surface area contributed by atoms with Crippen LogP contribution in [0.3, 0.4) is 0 Å². The largest absolute Gasteiger partial charge is 0.373 e. The van der Waals surface area contributed by atoms with Gasteiger partial charge in [0.15, 0.2) is 0 Å². The summed E-state index contributed by atoms with van der Waals surface area (Å²) >= 11 is 0. The molecule has 2 aliphatic heterocycles. The highest BCUT2D eigenvalue weighted by Gasteiger charge is 2.30. The van der Waals surface area contributed by atoms with Gasteiger partial charge in [-0.05, 0) is 51.4 Å². The van der Waals surface area contributed by atoms with E-state index in [-0.39, 0.29) is 23.9 Å². The van der Waals surface area contributed by atoms with Gasteiger partial charge in [0.25, 0.3) is 0 Å². The molecular weight excluding hydrogens is 321 g/mol. The van der Waals surface area contributed by atoms with Crippen molar-refractivity contribution in [1.29, 1.82) is 0 Å². The minimum atomic E-state index is -0.340. The van der Waals surface area contributed by atoms with Gasteiger partial charge in [-0.1, -0.05) is 6.07 Å². The Morgan fingerprint density at radius 3 is 2.80 bits per heavy atom. The van der Waals surface area contributed by atoms with Crippen LogP contribution in [0.25, 0.3) is 0 Å². The molecule has 2 heterocycles. The first-order valence-corrected chi connectivity index (χ1v) is 9.17. The highest BCUT2D eigenvalue weighted by Crippen LogP contribution is 2.20. The predicted molar refractivity (Wildman–Crippen MR) is 96.1 cm³/mol. The number of ether oxygens (including phenoxy) is 1. The van der Waals surface area contributed by atoms with Crippen LogP contribution in [-0.2, 0) is 9.53 Å². The number of nitrogens with zero attached hydrogens (tertiary/aromatic N) is 2. The van der Waals surface area contributed by atoms with Crippen molar-refractivity contribution in [3.8, 4) is 0 Å². The van der Waals surface area contributed by atoms with Gasteiger partial charge < -0.3 is 10.1 Å². The number of anilines is 1. The van der Waals surface area contributed by atoms with Crippen molar-refractivity contribution in [2.75, 3.05) is 38.0 Å². The number of amides is 1. The lowest BCUT2D eigenvalue weighted by Gasteiger charge is -2.38. The lowest BCUT2D eigenvalue weighted by Crippen LogP contribution is -2.50. The van der Waals surface area contributed by atoms with Gasteiger partial charge in [-0.25, -0.2) is 4.39 Å². The quantitative estimate of drug-likeness (QED) is 0.886. The zero-order valence-electron chi connectivity index (χ0n) is 15.1. The monoisotopic (exact) mass is 349 g/mol. The number of benzene rings is 1.